The van der Waals surface area contributed by atoms with Gasteiger partial charge in [-0.2, -0.15) is 0 Å². The molecule has 2 aliphatic heterocycles. The average molecular weight is 464 g/mol. The van der Waals surface area contributed by atoms with Gasteiger partial charge in [0.25, 0.3) is 0 Å². The molecular formula is C26H45N3O4. The fourth-order valence-corrected chi connectivity index (χ4v) is 5.57. The van der Waals surface area contributed by atoms with Crippen LogP contribution in [0.25, 0.3) is 0 Å². The zero-order valence-corrected chi connectivity index (χ0v) is 21.2. The molecule has 2 amide bonds. The lowest BCUT2D eigenvalue weighted by Crippen LogP contribution is -2.62. The first-order chi connectivity index (χ1) is 15.7. The Morgan fingerprint density at radius 1 is 1.00 bits per heavy atom. The Hall–Kier alpha value is -1.63. The van der Waals surface area contributed by atoms with Crippen molar-refractivity contribution in [2.24, 2.45) is 17.8 Å². The van der Waals surface area contributed by atoms with Crippen molar-refractivity contribution in [3.8, 4) is 0 Å². The second kappa shape index (κ2) is 12.2. The summed E-state index contributed by atoms with van der Waals surface area (Å²) < 4.78 is 5.63. The normalized spacial score (nSPS) is 24.1. The van der Waals surface area contributed by atoms with Crippen LogP contribution in [-0.4, -0.2) is 72.0 Å². The standard InChI is InChI=1S/C26H45N3O4/c1-18(2)15-22-25(31)29(14-11-27-22)23(16-19(3)4)26(32)28-12-9-20(10-13-28)17-24(30)33-21-7-5-6-8-21/h18-23,27H,5-17H2,1-4H3/t22-,23-/m0/s1. The van der Waals surface area contributed by atoms with Gasteiger partial charge in [-0.3, -0.25) is 14.4 Å². The highest BCUT2D eigenvalue weighted by molar-refractivity contribution is 5.90. The molecule has 0 spiro atoms. The first-order valence-electron chi connectivity index (χ1n) is 13.3. The number of nitrogens with zero attached hydrogens (tertiary/aromatic N) is 2. The highest BCUT2D eigenvalue weighted by Crippen LogP contribution is 2.27. The SMILES string of the molecule is CC(C)C[C@@H]1NCCN([C@@H](CC(C)C)C(=O)N2CCC(CC(=O)OC3CCCC3)CC2)C1=O. The van der Waals surface area contributed by atoms with Gasteiger partial charge in [-0.15, -0.1) is 0 Å². The first kappa shape index (κ1) is 26.0. The van der Waals surface area contributed by atoms with Crippen LogP contribution in [0.4, 0.5) is 0 Å². The highest BCUT2D eigenvalue weighted by atomic mass is 16.5. The number of carbonyl (C=O) groups excluding carboxylic acids is 3. The van der Waals surface area contributed by atoms with Crippen LogP contribution < -0.4 is 5.32 Å². The smallest absolute Gasteiger partial charge is 0.306 e. The van der Waals surface area contributed by atoms with E-state index in [1.54, 1.807) is 0 Å². The summed E-state index contributed by atoms with van der Waals surface area (Å²) in [5.74, 6) is 1.10. The van der Waals surface area contributed by atoms with E-state index in [2.05, 4.69) is 33.0 Å². The van der Waals surface area contributed by atoms with Gasteiger partial charge in [0, 0.05) is 32.6 Å². The van der Waals surface area contributed by atoms with Gasteiger partial charge in [0.2, 0.25) is 11.8 Å². The number of hydrogen-bond donors (Lipinski definition) is 1. The van der Waals surface area contributed by atoms with Gasteiger partial charge in [0.05, 0.1) is 6.04 Å². The molecule has 1 N–H and O–H groups in total. The van der Waals surface area contributed by atoms with Gasteiger partial charge in [0.15, 0.2) is 0 Å². The maximum absolute atomic E-state index is 13.6. The number of nitrogens with one attached hydrogen (secondary N) is 1. The molecule has 188 valence electrons. The number of piperazine rings is 1. The number of amides is 2. The molecule has 7 heteroatoms. The summed E-state index contributed by atoms with van der Waals surface area (Å²) in [6, 6.07) is -0.587. The van der Waals surface area contributed by atoms with Crippen LogP contribution in [0.3, 0.4) is 0 Å². The molecule has 0 aromatic rings. The van der Waals surface area contributed by atoms with E-state index in [-0.39, 0.29) is 35.8 Å². The molecule has 3 fully saturated rings. The van der Waals surface area contributed by atoms with Crippen LogP contribution >= 0.6 is 0 Å². The van der Waals surface area contributed by atoms with Crippen LogP contribution in [0.15, 0.2) is 0 Å². The second-order valence-electron chi connectivity index (χ2n) is 11.2. The Morgan fingerprint density at radius 2 is 1.67 bits per heavy atom. The van der Waals surface area contributed by atoms with E-state index in [1.807, 2.05) is 9.80 Å². The average Bonchev–Trinajstić information content (AvgIpc) is 3.26. The summed E-state index contributed by atoms with van der Waals surface area (Å²) in [5, 5.41) is 3.35. The van der Waals surface area contributed by atoms with Crippen LogP contribution in [0, 0.1) is 17.8 Å². The maximum atomic E-state index is 13.6. The predicted molar refractivity (Wildman–Crippen MR) is 128 cm³/mol. The second-order valence-corrected chi connectivity index (χ2v) is 11.2. The molecular weight excluding hydrogens is 418 g/mol. The lowest BCUT2D eigenvalue weighted by atomic mass is 9.92. The van der Waals surface area contributed by atoms with Gasteiger partial charge in [-0.05, 0) is 69.1 Å². The fraction of sp³-hybridized carbons (Fsp3) is 0.885. The van der Waals surface area contributed by atoms with Crippen molar-refractivity contribution in [2.45, 2.75) is 104 Å². The zero-order chi connectivity index (χ0) is 24.0. The summed E-state index contributed by atoms with van der Waals surface area (Å²) >= 11 is 0. The third-order valence-electron chi connectivity index (χ3n) is 7.37. The predicted octanol–water partition coefficient (Wildman–Crippen LogP) is 3.36. The van der Waals surface area contributed by atoms with Gasteiger partial charge < -0.3 is 19.9 Å². The molecule has 7 nitrogen and oxygen atoms in total. The van der Waals surface area contributed by atoms with E-state index in [4.69, 9.17) is 4.74 Å². The Balaban J connectivity index is 1.55. The number of ether oxygens (including phenoxy) is 1. The first-order valence-corrected chi connectivity index (χ1v) is 13.3. The van der Waals surface area contributed by atoms with E-state index < -0.39 is 6.04 Å². The number of piperidine rings is 1. The minimum atomic E-state index is -0.391. The topological polar surface area (TPSA) is 79.0 Å². The molecule has 1 saturated carbocycles. The molecule has 0 aromatic carbocycles. The number of likely N-dealkylation sites (tertiary alicyclic amines) is 1. The molecule has 1 aliphatic carbocycles. The number of rotatable bonds is 9. The summed E-state index contributed by atoms with van der Waals surface area (Å²) in [6.45, 7) is 11.1. The van der Waals surface area contributed by atoms with Crippen molar-refractivity contribution < 1.29 is 19.1 Å². The van der Waals surface area contributed by atoms with E-state index in [0.29, 0.717) is 44.3 Å². The Morgan fingerprint density at radius 3 is 2.27 bits per heavy atom. The number of carbonyl (C=O) groups is 3. The minimum Gasteiger partial charge on any atom is -0.462 e. The largest absolute Gasteiger partial charge is 0.462 e. The fourth-order valence-electron chi connectivity index (χ4n) is 5.57. The van der Waals surface area contributed by atoms with Crippen molar-refractivity contribution in [3.05, 3.63) is 0 Å². The Labute approximate surface area is 200 Å². The third kappa shape index (κ3) is 7.43. The van der Waals surface area contributed by atoms with E-state index in [1.165, 1.54) is 0 Å². The molecule has 0 bridgehead atoms. The van der Waals surface area contributed by atoms with Gasteiger partial charge in [-0.1, -0.05) is 27.7 Å². The zero-order valence-electron chi connectivity index (χ0n) is 21.2. The molecule has 33 heavy (non-hydrogen) atoms. The molecule has 3 rings (SSSR count). The van der Waals surface area contributed by atoms with Gasteiger partial charge in [-0.25, -0.2) is 0 Å². The van der Waals surface area contributed by atoms with E-state index >= 15 is 0 Å². The van der Waals surface area contributed by atoms with E-state index in [9.17, 15) is 14.4 Å². The molecule has 2 heterocycles. The molecule has 0 radical (unpaired) electrons. The van der Waals surface area contributed by atoms with Crippen LogP contribution in [0.5, 0.6) is 0 Å². The van der Waals surface area contributed by atoms with Crippen molar-refractivity contribution in [2.75, 3.05) is 26.2 Å². The summed E-state index contributed by atoms with van der Waals surface area (Å²) in [6.07, 6.45) is 8.02. The lowest BCUT2D eigenvalue weighted by Gasteiger charge is -2.42. The third-order valence-corrected chi connectivity index (χ3v) is 7.37. The molecule has 0 unspecified atom stereocenters. The Kier molecular flexibility index (Phi) is 9.59. The monoisotopic (exact) mass is 463 g/mol. The molecule has 0 aromatic heterocycles. The van der Waals surface area contributed by atoms with Crippen molar-refractivity contribution >= 4 is 17.8 Å². The minimum absolute atomic E-state index is 0.0681. The van der Waals surface area contributed by atoms with Crippen LogP contribution in [0.1, 0.15) is 85.5 Å². The highest BCUT2D eigenvalue weighted by Gasteiger charge is 2.39. The van der Waals surface area contributed by atoms with Crippen molar-refractivity contribution in [3.63, 3.8) is 0 Å². The number of hydrogen-bond acceptors (Lipinski definition) is 5. The van der Waals surface area contributed by atoms with Gasteiger partial charge in [0.1, 0.15) is 12.1 Å². The molecule has 3 aliphatic rings. The summed E-state index contributed by atoms with van der Waals surface area (Å²) in [7, 11) is 0. The molecule has 2 saturated heterocycles. The van der Waals surface area contributed by atoms with Gasteiger partial charge >= 0.3 is 5.97 Å². The van der Waals surface area contributed by atoms with Crippen LogP contribution in [0.2, 0.25) is 0 Å². The maximum Gasteiger partial charge on any atom is 0.306 e. The van der Waals surface area contributed by atoms with Crippen molar-refractivity contribution in [1.29, 1.82) is 0 Å². The quantitative estimate of drug-likeness (QED) is 0.531. The van der Waals surface area contributed by atoms with Crippen LogP contribution in [-0.2, 0) is 19.1 Å². The Bertz CT molecular complexity index is 666. The lowest BCUT2D eigenvalue weighted by molar-refractivity contribution is -0.152. The van der Waals surface area contributed by atoms with E-state index in [0.717, 1.165) is 51.5 Å². The summed E-state index contributed by atoms with van der Waals surface area (Å²) in [4.78, 5) is 42.9. The molecule has 2 atom stereocenters. The number of esters is 1. The summed E-state index contributed by atoms with van der Waals surface area (Å²) in [5.41, 5.74) is 0. The van der Waals surface area contributed by atoms with Crippen molar-refractivity contribution in [1.82, 2.24) is 15.1 Å².